The minimum atomic E-state index is 0.202. The number of hydrogen-bond acceptors (Lipinski definition) is 3. The molecule has 0 aliphatic carbocycles. The van der Waals surface area contributed by atoms with Gasteiger partial charge in [-0.15, -0.1) is 11.8 Å². The Morgan fingerprint density at radius 1 is 1.64 bits per heavy atom. The first-order valence-corrected chi connectivity index (χ1v) is 6.02. The van der Waals surface area contributed by atoms with Crippen molar-refractivity contribution < 1.29 is 4.79 Å². The molecule has 2 nitrogen and oxygen atoms in total. The molecule has 64 valence electrons. The first kappa shape index (κ1) is 9.26. The van der Waals surface area contributed by atoms with Gasteiger partial charge in [0.25, 0.3) is 0 Å². The van der Waals surface area contributed by atoms with Crippen LogP contribution in [0.3, 0.4) is 0 Å². The monoisotopic (exact) mass is 191 g/mol. The van der Waals surface area contributed by atoms with Crippen molar-refractivity contribution in [2.24, 2.45) is 0 Å². The summed E-state index contributed by atoms with van der Waals surface area (Å²) in [7, 11) is 0. The molecule has 4 heteroatoms. The average molecular weight is 191 g/mol. The summed E-state index contributed by atoms with van der Waals surface area (Å²) in [6.07, 6.45) is 0. The normalized spacial score (nSPS) is 24.6. The number of nitrogens with one attached hydrogen (secondary N) is 1. The first-order chi connectivity index (χ1) is 5.34. The second-order valence-electron chi connectivity index (χ2n) is 2.33. The topological polar surface area (TPSA) is 29.1 Å². The first-order valence-electron chi connectivity index (χ1n) is 3.81. The van der Waals surface area contributed by atoms with Gasteiger partial charge in [-0.3, -0.25) is 4.79 Å². The van der Waals surface area contributed by atoms with E-state index >= 15 is 0 Å². The molecule has 1 atom stereocenters. The van der Waals surface area contributed by atoms with E-state index in [2.05, 4.69) is 5.32 Å². The van der Waals surface area contributed by atoms with Crippen LogP contribution in [0.4, 0.5) is 0 Å². The van der Waals surface area contributed by atoms with Gasteiger partial charge >= 0.3 is 0 Å². The van der Waals surface area contributed by atoms with Crippen LogP contribution in [0.1, 0.15) is 6.92 Å². The number of rotatable bonds is 2. The van der Waals surface area contributed by atoms with Crippen LogP contribution < -0.4 is 5.32 Å². The van der Waals surface area contributed by atoms with E-state index in [-0.39, 0.29) is 11.2 Å². The van der Waals surface area contributed by atoms with Crippen molar-refractivity contribution in [3.05, 3.63) is 0 Å². The zero-order valence-electron chi connectivity index (χ0n) is 6.63. The van der Waals surface area contributed by atoms with E-state index in [4.69, 9.17) is 0 Å². The fraction of sp³-hybridized carbons (Fsp3) is 0.857. The molecule has 0 bridgehead atoms. The van der Waals surface area contributed by atoms with Gasteiger partial charge in [-0.2, -0.15) is 11.8 Å². The van der Waals surface area contributed by atoms with E-state index in [1.165, 1.54) is 5.75 Å². The average Bonchev–Trinajstić information content (AvgIpc) is 2.07. The predicted octanol–water partition coefficient (Wildman–Crippen LogP) is 0.971. The van der Waals surface area contributed by atoms with Crippen LogP contribution in [0.25, 0.3) is 0 Å². The van der Waals surface area contributed by atoms with Crippen molar-refractivity contribution in [1.29, 1.82) is 0 Å². The van der Waals surface area contributed by atoms with Gasteiger partial charge in [0, 0.05) is 23.8 Å². The Labute approximate surface area is 75.9 Å². The van der Waals surface area contributed by atoms with Gasteiger partial charge in [0.15, 0.2) is 0 Å². The molecule has 1 unspecified atom stereocenters. The Bertz CT molecular complexity index is 134. The van der Waals surface area contributed by atoms with Gasteiger partial charge in [-0.05, 0) is 6.92 Å². The lowest BCUT2D eigenvalue weighted by atomic mass is 10.4. The zero-order chi connectivity index (χ0) is 8.10. The molecule has 1 amide bonds. The number of amides is 1. The minimum absolute atomic E-state index is 0.202. The molecule has 1 rings (SSSR count). The smallest absolute Gasteiger partial charge is 0.233 e. The Balaban J connectivity index is 2.27. The van der Waals surface area contributed by atoms with Crippen LogP contribution in [-0.2, 0) is 4.79 Å². The molecule has 1 heterocycles. The van der Waals surface area contributed by atoms with E-state index in [0.29, 0.717) is 0 Å². The van der Waals surface area contributed by atoms with Crippen molar-refractivity contribution >= 4 is 29.4 Å². The van der Waals surface area contributed by atoms with Crippen molar-refractivity contribution in [2.75, 3.05) is 23.8 Å². The molecule has 0 saturated carbocycles. The summed E-state index contributed by atoms with van der Waals surface area (Å²) in [4.78, 5) is 11.3. The van der Waals surface area contributed by atoms with Gasteiger partial charge in [0.1, 0.15) is 0 Å². The summed E-state index contributed by atoms with van der Waals surface area (Å²) in [5.74, 6) is 3.51. The van der Waals surface area contributed by atoms with Crippen molar-refractivity contribution in [2.45, 2.75) is 12.2 Å². The van der Waals surface area contributed by atoms with Crippen LogP contribution in [0, 0.1) is 0 Å². The van der Waals surface area contributed by atoms with Gasteiger partial charge in [0.2, 0.25) is 5.91 Å². The SMILES string of the molecule is CCNC(=O)C1CSCCS1. The van der Waals surface area contributed by atoms with E-state index in [1.54, 1.807) is 11.8 Å². The van der Waals surface area contributed by atoms with E-state index in [0.717, 1.165) is 18.1 Å². The Hall–Kier alpha value is 0.170. The summed E-state index contributed by atoms with van der Waals surface area (Å²) < 4.78 is 0. The molecule has 0 radical (unpaired) electrons. The predicted molar refractivity (Wildman–Crippen MR) is 52.3 cm³/mol. The second kappa shape index (κ2) is 4.93. The number of hydrogen-bond donors (Lipinski definition) is 1. The summed E-state index contributed by atoms with van der Waals surface area (Å²) in [6, 6.07) is 0. The molecular weight excluding hydrogens is 178 g/mol. The van der Waals surface area contributed by atoms with Gasteiger partial charge in [-0.25, -0.2) is 0 Å². The lowest BCUT2D eigenvalue weighted by Crippen LogP contribution is -2.35. The van der Waals surface area contributed by atoms with Crippen molar-refractivity contribution in [1.82, 2.24) is 5.32 Å². The summed E-state index contributed by atoms with van der Waals surface area (Å²) in [5.41, 5.74) is 0. The summed E-state index contributed by atoms with van der Waals surface area (Å²) in [5, 5.41) is 3.04. The number of thioether (sulfide) groups is 2. The maximum Gasteiger partial charge on any atom is 0.233 e. The highest BCUT2D eigenvalue weighted by Gasteiger charge is 2.20. The molecular formula is C7H13NOS2. The van der Waals surface area contributed by atoms with Crippen LogP contribution in [0.5, 0.6) is 0 Å². The third-order valence-corrected chi connectivity index (χ3v) is 4.21. The third kappa shape index (κ3) is 2.95. The number of carbonyl (C=O) groups excluding carboxylic acids is 1. The Kier molecular flexibility index (Phi) is 4.15. The fourth-order valence-electron chi connectivity index (χ4n) is 0.927. The molecule has 1 aliphatic rings. The van der Waals surface area contributed by atoms with E-state index < -0.39 is 0 Å². The molecule has 0 aromatic rings. The highest BCUT2D eigenvalue weighted by molar-refractivity contribution is 8.07. The highest BCUT2D eigenvalue weighted by Crippen LogP contribution is 2.23. The summed E-state index contributed by atoms with van der Waals surface area (Å²) >= 11 is 3.65. The third-order valence-electron chi connectivity index (χ3n) is 1.46. The molecule has 1 fully saturated rings. The van der Waals surface area contributed by atoms with Crippen LogP contribution >= 0.6 is 23.5 Å². The largest absolute Gasteiger partial charge is 0.355 e. The molecule has 11 heavy (non-hydrogen) atoms. The zero-order valence-corrected chi connectivity index (χ0v) is 8.26. The molecule has 0 aromatic carbocycles. The standard InChI is InChI=1S/C7H13NOS2/c1-2-8-7(9)6-5-10-3-4-11-6/h6H,2-5H2,1H3,(H,8,9). The van der Waals surface area contributed by atoms with Crippen LogP contribution in [-0.4, -0.2) is 35.0 Å². The molecule has 1 aliphatic heterocycles. The lowest BCUT2D eigenvalue weighted by Gasteiger charge is -2.19. The van der Waals surface area contributed by atoms with Gasteiger partial charge < -0.3 is 5.32 Å². The van der Waals surface area contributed by atoms with Crippen LogP contribution in [0.15, 0.2) is 0 Å². The van der Waals surface area contributed by atoms with Crippen molar-refractivity contribution in [3.63, 3.8) is 0 Å². The van der Waals surface area contributed by atoms with Gasteiger partial charge in [-0.1, -0.05) is 0 Å². The Morgan fingerprint density at radius 3 is 3.00 bits per heavy atom. The molecule has 1 saturated heterocycles. The maximum absolute atomic E-state index is 11.3. The molecule has 0 aromatic heterocycles. The molecule has 1 N–H and O–H groups in total. The quantitative estimate of drug-likeness (QED) is 0.705. The van der Waals surface area contributed by atoms with E-state index in [1.807, 2.05) is 18.7 Å². The second-order valence-corrected chi connectivity index (χ2v) is 4.79. The van der Waals surface area contributed by atoms with Crippen LogP contribution in [0.2, 0.25) is 0 Å². The summed E-state index contributed by atoms with van der Waals surface area (Å²) in [6.45, 7) is 2.71. The number of carbonyl (C=O) groups is 1. The molecule has 0 spiro atoms. The maximum atomic E-state index is 11.3. The van der Waals surface area contributed by atoms with Crippen molar-refractivity contribution in [3.8, 4) is 0 Å². The fourth-order valence-corrected chi connectivity index (χ4v) is 3.51. The lowest BCUT2D eigenvalue weighted by molar-refractivity contribution is -0.120. The highest BCUT2D eigenvalue weighted by atomic mass is 32.2. The minimum Gasteiger partial charge on any atom is -0.355 e. The van der Waals surface area contributed by atoms with E-state index in [9.17, 15) is 4.79 Å². The van der Waals surface area contributed by atoms with Gasteiger partial charge in [0.05, 0.1) is 5.25 Å². The Morgan fingerprint density at radius 2 is 2.45 bits per heavy atom.